The molecule has 0 fully saturated rings. The standard InChI is InChI=1S/2C11H12N2.2CH5N3O/c2*1-2-8-9-4-3-7-13-11(9)6-5-10(8)12;2*2-1(5)4-3/h2*3-7H,2,12H2,1H3;2*3H2,(H3,2,4,5). The summed E-state index contributed by atoms with van der Waals surface area (Å²) in [5.41, 5.74) is 30.1. The number of aromatic nitrogens is 2. The molecular formula is C24H34N10O2. The first-order chi connectivity index (χ1) is 17.2. The minimum absolute atomic E-state index is 0.718. The summed E-state index contributed by atoms with van der Waals surface area (Å²) in [5.74, 6) is 8.89. The highest BCUT2D eigenvalue weighted by atomic mass is 16.2. The molecule has 0 radical (unpaired) electrons. The molecule has 4 aromatic rings. The molecule has 0 saturated carbocycles. The average molecular weight is 495 g/mol. The number of rotatable bonds is 2. The maximum Gasteiger partial charge on any atom is 0.326 e. The van der Waals surface area contributed by atoms with Crippen LogP contribution in [0.3, 0.4) is 0 Å². The highest BCUT2D eigenvalue weighted by Crippen LogP contribution is 2.23. The van der Waals surface area contributed by atoms with Crippen LogP contribution in [0.1, 0.15) is 25.0 Å². The molecule has 0 aliphatic carbocycles. The van der Waals surface area contributed by atoms with Crippen LogP contribution in [0.2, 0.25) is 0 Å². The van der Waals surface area contributed by atoms with Gasteiger partial charge in [-0.3, -0.25) is 20.8 Å². The second-order valence-corrected chi connectivity index (χ2v) is 7.13. The summed E-state index contributed by atoms with van der Waals surface area (Å²) in [6.45, 7) is 4.22. The number of primary amides is 2. The molecule has 4 amide bonds. The number of nitrogens with two attached hydrogens (primary N) is 6. The summed E-state index contributed by atoms with van der Waals surface area (Å²) in [7, 11) is 0. The Labute approximate surface area is 209 Å². The number of hydrogen-bond donors (Lipinski definition) is 8. The molecule has 0 aliphatic heterocycles. The minimum atomic E-state index is -0.718. The van der Waals surface area contributed by atoms with Gasteiger partial charge in [-0.05, 0) is 60.4 Å². The number of carbonyl (C=O) groups excluding carboxylic acids is 2. The lowest BCUT2D eigenvalue weighted by molar-refractivity contribution is 0.248. The smallest absolute Gasteiger partial charge is 0.326 e. The van der Waals surface area contributed by atoms with Crippen LogP contribution in [0.25, 0.3) is 21.8 Å². The molecule has 12 nitrogen and oxygen atoms in total. The molecule has 12 heteroatoms. The molecular weight excluding hydrogens is 460 g/mol. The van der Waals surface area contributed by atoms with Crippen molar-refractivity contribution in [3.63, 3.8) is 0 Å². The predicted octanol–water partition coefficient (Wildman–Crippen LogP) is 1.82. The van der Waals surface area contributed by atoms with Gasteiger partial charge in [-0.15, -0.1) is 0 Å². The van der Waals surface area contributed by atoms with Gasteiger partial charge in [-0.25, -0.2) is 21.3 Å². The van der Waals surface area contributed by atoms with Gasteiger partial charge in [-0.2, -0.15) is 0 Å². The number of urea groups is 2. The molecule has 14 N–H and O–H groups in total. The highest BCUT2D eigenvalue weighted by Gasteiger charge is 2.03. The van der Waals surface area contributed by atoms with Crippen molar-refractivity contribution in [1.29, 1.82) is 0 Å². The first-order valence-corrected chi connectivity index (χ1v) is 11.0. The Morgan fingerprint density at radius 1 is 0.694 bits per heavy atom. The van der Waals surface area contributed by atoms with Gasteiger partial charge in [-0.1, -0.05) is 26.0 Å². The molecule has 0 unspecified atom stereocenters. The van der Waals surface area contributed by atoms with E-state index < -0.39 is 12.1 Å². The van der Waals surface area contributed by atoms with Crippen molar-refractivity contribution in [3.05, 3.63) is 72.1 Å². The fourth-order valence-corrected chi connectivity index (χ4v) is 3.25. The van der Waals surface area contributed by atoms with Gasteiger partial charge < -0.3 is 22.9 Å². The van der Waals surface area contributed by atoms with Crippen molar-refractivity contribution < 1.29 is 9.59 Å². The summed E-state index contributed by atoms with van der Waals surface area (Å²) < 4.78 is 0. The average Bonchev–Trinajstić information content (AvgIpc) is 2.89. The van der Waals surface area contributed by atoms with Gasteiger partial charge in [0.15, 0.2) is 0 Å². The zero-order valence-electron chi connectivity index (χ0n) is 20.4. The van der Waals surface area contributed by atoms with Crippen molar-refractivity contribution in [2.45, 2.75) is 26.7 Å². The van der Waals surface area contributed by atoms with Crippen LogP contribution in [0, 0.1) is 0 Å². The lowest BCUT2D eigenvalue weighted by atomic mass is 10.0. The number of fused-ring (bicyclic) bond motifs is 2. The summed E-state index contributed by atoms with van der Waals surface area (Å²) in [5, 5.41) is 2.34. The van der Waals surface area contributed by atoms with Gasteiger partial charge in [0, 0.05) is 34.5 Å². The van der Waals surface area contributed by atoms with E-state index in [1.54, 1.807) is 23.2 Å². The van der Waals surface area contributed by atoms with E-state index in [4.69, 9.17) is 11.5 Å². The fraction of sp³-hybridized carbons (Fsp3) is 0.167. The van der Waals surface area contributed by atoms with Crippen molar-refractivity contribution in [2.24, 2.45) is 23.2 Å². The van der Waals surface area contributed by atoms with Crippen molar-refractivity contribution in [2.75, 3.05) is 11.5 Å². The molecule has 36 heavy (non-hydrogen) atoms. The van der Waals surface area contributed by atoms with E-state index in [9.17, 15) is 9.59 Å². The molecule has 2 aromatic carbocycles. The van der Waals surface area contributed by atoms with Gasteiger partial charge in [0.25, 0.3) is 0 Å². The monoisotopic (exact) mass is 494 g/mol. The number of amides is 4. The number of hydrazine groups is 2. The number of aryl methyl sites for hydroxylation is 2. The predicted molar refractivity (Wildman–Crippen MR) is 145 cm³/mol. The quantitative estimate of drug-likeness (QED) is 0.0881. The summed E-state index contributed by atoms with van der Waals surface area (Å²) in [4.78, 5) is 27.3. The lowest BCUT2D eigenvalue weighted by Gasteiger charge is -2.06. The Morgan fingerprint density at radius 2 is 1.03 bits per heavy atom. The fourth-order valence-electron chi connectivity index (χ4n) is 3.25. The first kappa shape index (κ1) is 29.4. The van der Waals surface area contributed by atoms with Crippen LogP contribution >= 0.6 is 0 Å². The molecule has 4 rings (SSSR count). The largest absolute Gasteiger partial charge is 0.398 e. The van der Waals surface area contributed by atoms with Crippen molar-refractivity contribution in [1.82, 2.24) is 20.8 Å². The SMILES string of the molecule is CCc1c(N)ccc2ncccc12.CCc1c(N)ccc2ncccc12.NNC(N)=O.NNC(N)=O. The second kappa shape index (κ2) is 15.3. The minimum Gasteiger partial charge on any atom is -0.398 e. The third-order valence-corrected chi connectivity index (χ3v) is 4.86. The zero-order valence-corrected chi connectivity index (χ0v) is 20.4. The summed E-state index contributed by atoms with van der Waals surface area (Å²) in [6.07, 6.45) is 5.51. The molecule has 0 spiro atoms. The van der Waals surface area contributed by atoms with E-state index in [0.717, 1.165) is 35.2 Å². The Bertz CT molecular complexity index is 1180. The molecule has 0 aliphatic rings. The van der Waals surface area contributed by atoms with E-state index in [0.29, 0.717) is 0 Å². The van der Waals surface area contributed by atoms with Crippen molar-refractivity contribution in [3.8, 4) is 0 Å². The van der Waals surface area contributed by atoms with Gasteiger partial charge in [0.2, 0.25) is 0 Å². The number of pyridine rings is 2. The topological polar surface area (TPSA) is 240 Å². The van der Waals surface area contributed by atoms with E-state index in [1.165, 1.54) is 21.9 Å². The van der Waals surface area contributed by atoms with Gasteiger partial charge >= 0.3 is 12.1 Å². The van der Waals surface area contributed by atoms with E-state index >= 15 is 0 Å². The Balaban J connectivity index is 0.000000266. The third kappa shape index (κ3) is 8.93. The maximum atomic E-state index is 9.35. The molecule has 192 valence electrons. The van der Waals surface area contributed by atoms with Crippen LogP contribution < -0.4 is 45.5 Å². The van der Waals surface area contributed by atoms with E-state index in [-0.39, 0.29) is 0 Å². The number of nitrogens with one attached hydrogen (secondary N) is 2. The molecule has 2 aromatic heterocycles. The highest BCUT2D eigenvalue weighted by molar-refractivity contribution is 5.87. The summed E-state index contributed by atoms with van der Waals surface area (Å²) in [6, 6.07) is 14.4. The van der Waals surface area contributed by atoms with Crippen molar-refractivity contribution >= 4 is 45.2 Å². The van der Waals surface area contributed by atoms with Gasteiger partial charge in [0.1, 0.15) is 0 Å². The number of nitrogen functional groups attached to an aromatic ring is 2. The zero-order chi connectivity index (χ0) is 27.1. The molecule has 0 atom stereocenters. The van der Waals surface area contributed by atoms with E-state index in [2.05, 4.69) is 59.1 Å². The summed E-state index contributed by atoms with van der Waals surface area (Å²) >= 11 is 0. The molecule has 0 saturated heterocycles. The van der Waals surface area contributed by atoms with E-state index in [1.807, 2.05) is 36.4 Å². The Morgan fingerprint density at radius 3 is 1.31 bits per heavy atom. The van der Waals surface area contributed by atoms with Crippen LogP contribution in [0.15, 0.2) is 60.9 Å². The Hall–Kier alpha value is -4.68. The molecule has 2 heterocycles. The third-order valence-electron chi connectivity index (χ3n) is 4.86. The molecule has 0 bridgehead atoms. The second-order valence-electron chi connectivity index (χ2n) is 7.13. The number of hydrogen-bond acceptors (Lipinski definition) is 8. The van der Waals surface area contributed by atoms with Gasteiger partial charge in [0.05, 0.1) is 11.0 Å². The Kier molecular flexibility index (Phi) is 12.4. The van der Waals surface area contributed by atoms with Crippen LogP contribution in [0.4, 0.5) is 21.0 Å². The number of benzene rings is 2. The number of carbonyl (C=O) groups is 2. The number of nitrogens with zero attached hydrogens (tertiary/aromatic N) is 2. The van der Waals surface area contributed by atoms with Crippen LogP contribution in [-0.2, 0) is 12.8 Å². The normalized spacial score (nSPS) is 9.44. The first-order valence-electron chi connectivity index (χ1n) is 11.0. The van der Waals surface area contributed by atoms with Crippen LogP contribution in [-0.4, -0.2) is 22.0 Å². The van der Waals surface area contributed by atoms with Crippen LogP contribution in [0.5, 0.6) is 0 Å². The lowest BCUT2D eigenvalue weighted by Crippen LogP contribution is -2.34. The number of anilines is 2. The maximum absolute atomic E-state index is 9.35.